The summed E-state index contributed by atoms with van der Waals surface area (Å²) in [6.45, 7) is -0.729. The van der Waals surface area contributed by atoms with E-state index in [1.165, 1.54) is 23.1 Å². The van der Waals surface area contributed by atoms with Gasteiger partial charge in [0.15, 0.2) is 0 Å². The van der Waals surface area contributed by atoms with Gasteiger partial charge in [-0.3, -0.25) is 10.1 Å². The van der Waals surface area contributed by atoms with Crippen LogP contribution in [0.5, 0.6) is 5.75 Å². The minimum absolute atomic E-state index is 0.0237. The highest BCUT2D eigenvalue weighted by Crippen LogP contribution is 2.18. The van der Waals surface area contributed by atoms with Crippen LogP contribution in [0.15, 0.2) is 41.4 Å². The van der Waals surface area contributed by atoms with E-state index in [-0.39, 0.29) is 36.2 Å². The Kier molecular flexibility index (Phi) is 6.13. The second-order valence-corrected chi connectivity index (χ2v) is 8.01. The third kappa shape index (κ3) is 5.51. The van der Waals surface area contributed by atoms with Crippen LogP contribution in [0.25, 0.3) is 0 Å². The number of carbonyl (C=O) groups excluding carboxylic acids is 2. The van der Waals surface area contributed by atoms with E-state index < -0.39 is 29.1 Å². The van der Waals surface area contributed by atoms with Gasteiger partial charge < -0.3 is 14.6 Å². The molecule has 1 aromatic heterocycles. The molecular weight excluding hydrogens is 410 g/mol. The predicted octanol–water partition coefficient (Wildman–Crippen LogP) is 1.19. The van der Waals surface area contributed by atoms with Crippen LogP contribution in [0.4, 0.5) is 13.6 Å². The van der Waals surface area contributed by atoms with Crippen LogP contribution in [0, 0.1) is 0 Å². The van der Waals surface area contributed by atoms with Crippen molar-refractivity contribution in [1.29, 1.82) is 0 Å². The molecule has 29 heavy (non-hydrogen) atoms. The minimum atomic E-state index is -3.90. The molecule has 0 aliphatic carbocycles. The number of aromatic nitrogens is 1. The molecule has 9 nitrogen and oxygen atoms in total. The number of hydrogen-bond donors (Lipinski definition) is 3. The van der Waals surface area contributed by atoms with E-state index in [1.54, 1.807) is 12.3 Å². The number of imide groups is 1. The summed E-state index contributed by atoms with van der Waals surface area (Å²) in [6, 6.07) is 6.45. The molecule has 3 N–H and O–H groups in total. The fraction of sp³-hybridized carbons (Fsp3) is 0.294. The molecule has 0 unspecified atom stereocenters. The average molecular weight is 428 g/mol. The molecule has 0 atom stereocenters. The molecule has 0 radical (unpaired) electrons. The van der Waals surface area contributed by atoms with Crippen LogP contribution in [0.3, 0.4) is 0 Å². The van der Waals surface area contributed by atoms with Gasteiger partial charge in [0.05, 0.1) is 11.4 Å². The molecule has 0 bridgehead atoms. The van der Waals surface area contributed by atoms with Crippen molar-refractivity contribution in [3.05, 3.63) is 47.8 Å². The van der Waals surface area contributed by atoms with Crippen LogP contribution in [-0.2, 0) is 27.9 Å². The number of aromatic amines is 1. The first-order valence-corrected chi connectivity index (χ1v) is 9.97. The highest BCUT2D eigenvalue weighted by atomic mass is 32.2. The lowest BCUT2D eigenvalue weighted by Gasteiger charge is -2.11. The van der Waals surface area contributed by atoms with Crippen LogP contribution >= 0.6 is 0 Å². The van der Waals surface area contributed by atoms with Crippen LogP contribution in [0.2, 0.25) is 0 Å². The lowest BCUT2D eigenvalue weighted by atomic mass is 10.3. The molecule has 3 amide bonds. The molecule has 3 rings (SSSR count). The van der Waals surface area contributed by atoms with E-state index in [2.05, 4.69) is 15.0 Å². The average Bonchev–Trinajstić information content (AvgIpc) is 3.24. The molecule has 2 aromatic rings. The lowest BCUT2D eigenvalue weighted by molar-refractivity contribution is -0.118. The first kappa shape index (κ1) is 20.7. The number of rotatable bonds is 9. The minimum Gasteiger partial charge on any atom is -0.488 e. The first-order valence-electron chi connectivity index (χ1n) is 8.48. The fourth-order valence-corrected chi connectivity index (χ4v) is 3.71. The molecule has 1 aliphatic heterocycles. The SMILES string of the molecule is O=C1CN(Cc2cc(CNS(=O)(=O)c3cccc(OCC(F)F)c3)c[nH]2)C(=O)N1. The smallest absolute Gasteiger partial charge is 0.324 e. The quantitative estimate of drug-likeness (QED) is 0.518. The van der Waals surface area contributed by atoms with Gasteiger partial charge in [-0.2, -0.15) is 0 Å². The molecule has 0 saturated carbocycles. The summed E-state index contributed by atoms with van der Waals surface area (Å²) in [5.74, 6) is -0.357. The van der Waals surface area contributed by atoms with Crippen molar-refractivity contribution >= 4 is 22.0 Å². The van der Waals surface area contributed by atoms with Crippen LogP contribution in [-0.4, -0.2) is 49.8 Å². The van der Waals surface area contributed by atoms with Gasteiger partial charge in [-0.1, -0.05) is 6.07 Å². The van der Waals surface area contributed by atoms with Crippen LogP contribution < -0.4 is 14.8 Å². The van der Waals surface area contributed by atoms with Crippen molar-refractivity contribution in [3.63, 3.8) is 0 Å². The molecule has 156 valence electrons. The molecule has 0 spiro atoms. The Labute approximate surface area is 165 Å². The van der Waals surface area contributed by atoms with Gasteiger partial charge in [0, 0.05) is 24.5 Å². The maximum absolute atomic E-state index is 12.4. The van der Waals surface area contributed by atoms with Crippen LogP contribution in [0.1, 0.15) is 11.3 Å². The molecule has 1 saturated heterocycles. The zero-order valence-corrected chi connectivity index (χ0v) is 15.8. The predicted molar refractivity (Wildman–Crippen MR) is 96.7 cm³/mol. The van der Waals surface area contributed by atoms with Gasteiger partial charge >= 0.3 is 6.03 Å². The molecule has 1 aromatic carbocycles. The Bertz CT molecular complexity index is 1010. The topological polar surface area (TPSA) is 121 Å². The monoisotopic (exact) mass is 428 g/mol. The summed E-state index contributed by atoms with van der Waals surface area (Å²) < 4.78 is 56.6. The number of sulfonamides is 1. The summed E-state index contributed by atoms with van der Waals surface area (Å²) in [4.78, 5) is 26.9. The number of H-pyrrole nitrogens is 1. The Hall–Kier alpha value is -2.99. The normalized spacial score (nSPS) is 14.5. The fourth-order valence-electron chi connectivity index (χ4n) is 2.65. The Morgan fingerprint density at radius 3 is 2.72 bits per heavy atom. The number of ether oxygens (including phenoxy) is 1. The van der Waals surface area contributed by atoms with E-state index in [1.807, 2.05) is 0 Å². The van der Waals surface area contributed by atoms with E-state index in [0.717, 1.165) is 6.07 Å². The largest absolute Gasteiger partial charge is 0.488 e. The summed E-state index contributed by atoms with van der Waals surface area (Å²) in [5, 5.41) is 2.17. The third-order valence-corrected chi connectivity index (χ3v) is 5.39. The number of hydrogen-bond acceptors (Lipinski definition) is 5. The van der Waals surface area contributed by atoms with E-state index in [4.69, 9.17) is 4.74 Å². The van der Waals surface area contributed by atoms with Crippen molar-refractivity contribution in [3.8, 4) is 5.75 Å². The maximum atomic E-state index is 12.4. The van der Waals surface area contributed by atoms with E-state index in [0.29, 0.717) is 11.3 Å². The van der Waals surface area contributed by atoms with Gasteiger partial charge in [-0.05, 0) is 23.8 Å². The number of halogens is 2. The summed E-state index contributed by atoms with van der Waals surface area (Å²) in [7, 11) is -3.90. The van der Waals surface area contributed by atoms with Gasteiger partial charge in [0.2, 0.25) is 15.9 Å². The van der Waals surface area contributed by atoms with Gasteiger partial charge in [0.25, 0.3) is 6.43 Å². The number of urea groups is 1. The highest BCUT2D eigenvalue weighted by molar-refractivity contribution is 7.89. The first-order chi connectivity index (χ1) is 13.7. The van der Waals surface area contributed by atoms with Gasteiger partial charge in [-0.25, -0.2) is 26.7 Å². The number of amides is 3. The summed E-state index contributed by atoms with van der Waals surface area (Å²) in [6.07, 6.45) is -1.09. The van der Waals surface area contributed by atoms with E-state index >= 15 is 0 Å². The number of nitrogens with one attached hydrogen (secondary N) is 3. The Balaban J connectivity index is 1.59. The standard InChI is InChI=1S/C17H18F2N4O5S/c18-15(19)10-28-13-2-1-3-14(5-13)29(26,27)21-7-11-4-12(20-6-11)8-23-9-16(24)22-17(23)25/h1-6,15,20-21H,7-10H2,(H,22,24,25). The molecule has 12 heteroatoms. The van der Waals surface area contributed by atoms with E-state index in [9.17, 15) is 26.8 Å². The molecule has 1 aliphatic rings. The number of alkyl halides is 2. The van der Waals surface area contributed by atoms with Gasteiger partial charge in [0.1, 0.15) is 18.9 Å². The molecular formula is C17H18F2N4O5S. The Morgan fingerprint density at radius 2 is 2.03 bits per heavy atom. The second-order valence-electron chi connectivity index (χ2n) is 6.24. The van der Waals surface area contributed by atoms with Crippen molar-refractivity contribution in [2.24, 2.45) is 0 Å². The van der Waals surface area contributed by atoms with Crippen molar-refractivity contribution in [1.82, 2.24) is 19.9 Å². The highest BCUT2D eigenvalue weighted by Gasteiger charge is 2.26. The Morgan fingerprint density at radius 1 is 1.24 bits per heavy atom. The third-order valence-electron chi connectivity index (χ3n) is 3.99. The number of nitrogens with zero attached hydrogens (tertiary/aromatic N) is 1. The van der Waals surface area contributed by atoms with Gasteiger partial charge in [-0.15, -0.1) is 0 Å². The maximum Gasteiger partial charge on any atom is 0.324 e. The zero-order valence-electron chi connectivity index (χ0n) is 15.0. The number of carbonyl (C=O) groups is 2. The van der Waals surface area contributed by atoms with Crippen molar-refractivity contribution in [2.45, 2.75) is 24.4 Å². The lowest BCUT2D eigenvalue weighted by Crippen LogP contribution is -2.27. The molecule has 2 heterocycles. The molecule has 1 fully saturated rings. The zero-order chi connectivity index (χ0) is 21.0. The second kappa shape index (κ2) is 8.57. The number of benzene rings is 1. The van der Waals surface area contributed by atoms with Crippen molar-refractivity contribution in [2.75, 3.05) is 13.2 Å². The van der Waals surface area contributed by atoms with Crippen molar-refractivity contribution < 1.29 is 31.5 Å². The summed E-state index contributed by atoms with van der Waals surface area (Å²) in [5.41, 5.74) is 1.24. The summed E-state index contributed by atoms with van der Waals surface area (Å²) >= 11 is 0.